The van der Waals surface area contributed by atoms with Gasteiger partial charge in [0.05, 0.1) is 11.7 Å². The maximum absolute atomic E-state index is 4.51. The first-order valence-corrected chi connectivity index (χ1v) is 9.34. The molecule has 4 nitrogen and oxygen atoms in total. The molecule has 3 aromatic rings. The number of hydrogen-bond acceptors (Lipinski definition) is 3. The van der Waals surface area contributed by atoms with Gasteiger partial charge in [-0.1, -0.05) is 19.1 Å². The summed E-state index contributed by atoms with van der Waals surface area (Å²) >= 11 is 0. The second-order valence-electron chi connectivity index (χ2n) is 7.14. The van der Waals surface area contributed by atoms with E-state index in [2.05, 4.69) is 52.1 Å². The Morgan fingerprint density at radius 1 is 1.20 bits per heavy atom. The topological polar surface area (TPSA) is 44.8 Å². The van der Waals surface area contributed by atoms with Gasteiger partial charge in [-0.25, -0.2) is 0 Å². The average Bonchev–Trinajstić information content (AvgIpc) is 3.13. The summed E-state index contributed by atoms with van der Waals surface area (Å²) in [6.07, 6.45) is 7.35. The second kappa shape index (κ2) is 6.96. The third-order valence-corrected chi connectivity index (χ3v) is 5.64. The molecular weight excluding hydrogens is 308 g/mol. The van der Waals surface area contributed by atoms with Gasteiger partial charge in [-0.2, -0.15) is 5.10 Å². The third-order valence-electron chi connectivity index (χ3n) is 5.64. The van der Waals surface area contributed by atoms with Crippen LogP contribution in [0.15, 0.2) is 36.7 Å². The minimum absolute atomic E-state index is 0.629. The summed E-state index contributed by atoms with van der Waals surface area (Å²) < 4.78 is 0. The van der Waals surface area contributed by atoms with Gasteiger partial charge in [-0.15, -0.1) is 0 Å². The van der Waals surface area contributed by atoms with Gasteiger partial charge >= 0.3 is 0 Å². The maximum atomic E-state index is 4.51. The fourth-order valence-electron chi connectivity index (χ4n) is 4.09. The lowest BCUT2D eigenvalue weighted by molar-refractivity contribution is 0.203. The van der Waals surface area contributed by atoms with Crippen molar-refractivity contribution in [2.45, 2.75) is 45.6 Å². The Bertz CT molecular complexity index is 859. The predicted molar refractivity (Wildman–Crippen MR) is 102 cm³/mol. The van der Waals surface area contributed by atoms with Crippen molar-refractivity contribution in [2.75, 3.05) is 13.1 Å². The number of likely N-dealkylation sites (tertiary alicyclic amines) is 1. The van der Waals surface area contributed by atoms with Crippen LogP contribution in [0, 0.1) is 6.92 Å². The van der Waals surface area contributed by atoms with E-state index in [1.807, 2.05) is 18.5 Å². The number of nitrogens with zero attached hydrogens (tertiary/aromatic N) is 3. The zero-order chi connectivity index (χ0) is 17.2. The standard InChI is InChI=1S/C21H26N4/c1-3-16-13-23-24-21(16)17-8-11-25(12-9-17)14-19-15(2)6-7-20-18(19)5-4-10-22-20/h4-7,10,13,17H,3,8-9,11-12,14H2,1-2H3,(H,23,24). The highest BCUT2D eigenvalue weighted by Crippen LogP contribution is 2.31. The summed E-state index contributed by atoms with van der Waals surface area (Å²) in [5.74, 6) is 0.629. The normalized spacial score (nSPS) is 16.6. The number of aromatic nitrogens is 3. The summed E-state index contributed by atoms with van der Waals surface area (Å²) in [5.41, 5.74) is 6.65. The molecule has 0 bridgehead atoms. The first-order valence-electron chi connectivity index (χ1n) is 9.34. The van der Waals surface area contributed by atoms with E-state index in [9.17, 15) is 0 Å². The van der Waals surface area contributed by atoms with E-state index >= 15 is 0 Å². The molecule has 0 unspecified atom stereocenters. The number of rotatable bonds is 4. The van der Waals surface area contributed by atoms with Gasteiger partial charge in [0.25, 0.3) is 0 Å². The number of H-pyrrole nitrogens is 1. The van der Waals surface area contributed by atoms with Crippen molar-refractivity contribution in [1.82, 2.24) is 20.1 Å². The lowest BCUT2D eigenvalue weighted by Gasteiger charge is -2.32. The quantitative estimate of drug-likeness (QED) is 0.777. The van der Waals surface area contributed by atoms with Gasteiger partial charge in [0, 0.05) is 29.7 Å². The molecule has 1 aliphatic heterocycles. The van der Waals surface area contributed by atoms with E-state index < -0.39 is 0 Å². The van der Waals surface area contributed by atoms with Gasteiger partial charge in [-0.05, 0) is 68.1 Å². The molecule has 0 aliphatic carbocycles. The molecule has 4 rings (SSSR count). The lowest BCUT2D eigenvalue weighted by atomic mass is 9.90. The Hall–Kier alpha value is -2.20. The van der Waals surface area contributed by atoms with Gasteiger partial charge < -0.3 is 0 Å². The van der Waals surface area contributed by atoms with Gasteiger partial charge in [0.1, 0.15) is 0 Å². The Balaban J connectivity index is 1.48. The van der Waals surface area contributed by atoms with Crippen molar-refractivity contribution in [3.63, 3.8) is 0 Å². The Morgan fingerprint density at radius 2 is 2.04 bits per heavy atom. The van der Waals surface area contributed by atoms with E-state index in [0.717, 1.165) is 31.6 Å². The molecule has 1 aliphatic rings. The van der Waals surface area contributed by atoms with Crippen LogP contribution in [0.25, 0.3) is 10.9 Å². The second-order valence-corrected chi connectivity index (χ2v) is 7.14. The van der Waals surface area contributed by atoms with Crippen molar-refractivity contribution in [3.8, 4) is 0 Å². The van der Waals surface area contributed by atoms with E-state index in [0.29, 0.717) is 5.92 Å². The van der Waals surface area contributed by atoms with Crippen molar-refractivity contribution in [3.05, 3.63) is 59.0 Å². The van der Waals surface area contributed by atoms with Crippen molar-refractivity contribution < 1.29 is 0 Å². The lowest BCUT2D eigenvalue weighted by Crippen LogP contribution is -2.33. The molecular formula is C21H26N4. The molecule has 0 radical (unpaired) electrons. The molecule has 1 N–H and O–H groups in total. The monoisotopic (exact) mass is 334 g/mol. The smallest absolute Gasteiger partial charge is 0.0705 e. The van der Waals surface area contributed by atoms with Crippen LogP contribution in [0.2, 0.25) is 0 Å². The zero-order valence-corrected chi connectivity index (χ0v) is 15.1. The minimum Gasteiger partial charge on any atom is -0.299 e. The summed E-state index contributed by atoms with van der Waals surface area (Å²) in [6, 6.07) is 8.58. The molecule has 0 atom stereocenters. The summed E-state index contributed by atoms with van der Waals surface area (Å²) in [6.45, 7) is 7.73. The molecule has 1 aromatic carbocycles. The minimum atomic E-state index is 0.629. The van der Waals surface area contributed by atoms with E-state index in [-0.39, 0.29) is 0 Å². The maximum Gasteiger partial charge on any atom is 0.0705 e. The molecule has 25 heavy (non-hydrogen) atoms. The van der Waals surface area contributed by atoms with Crippen molar-refractivity contribution >= 4 is 10.9 Å². The van der Waals surface area contributed by atoms with Crippen LogP contribution in [0.5, 0.6) is 0 Å². The predicted octanol–water partition coefficient (Wildman–Crippen LogP) is 4.21. The van der Waals surface area contributed by atoms with Crippen molar-refractivity contribution in [2.24, 2.45) is 0 Å². The van der Waals surface area contributed by atoms with E-state index in [1.165, 1.54) is 40.6 Å². The summed E-state index contributed by atoms with van der Waals surface area (Å²) in [7, 11) is 0. The van der Waals surface area contributed by atoms with Crippen LogP contribution >= 0.6 is 0 Å². The first-order chi connectivity index (χ1) is 12.3. The third kappa shape index (κ3) is 3.19. The van der Waals surface area contributed by atoms with Crippen LogP contribution in [-0.4, -0.2) is 33.2 Å². The molecule has 1 saturated heterocycles. The van der Waals surface area contributed by atoms with Gasteiger partial charge in [0.15, 0.2) is 0 Å². The number of aromatic amines is 1. The zero-order valence-electron chi connectivity index (χ0n) is 15.1. The van der Waals surface area contributed by atoms with E-state index in [1.54, 1.807) is 0 Å². The molecule has 130 valence electrons. The highest BCUT2D eigenvalue weighted by molar-refractivity contribution is 5.83. The fraction of sp³-hybridized carbons (Fsp3) is 0.429. The summed E-state index contributed by atoms with van der Waals surface area (Å²) in [4.78, 5) is 7.10. The number of benzene rings is 1. The SMILES string of the molecule is CCc1cn[nH]c1C1CCN(Cc2c(C)ccc3ncccc23)CC1. The van der Waals surface area contributed by atoms with Crippen LogP contribution in [0.3, 0.4) is 0 Å². The Labute approximate surface area is 149 Å². The van der Waals surface area contributed by atoms with E-state index in [4.69, 9.17) is 0 Å². The number of piperidine rings is 1. The number of fused-ring (bicyclic) bond motifs is 1. The molecule has 2 aromatic heterocycles. The highest BCUT2D eigenvalue weighted by atomic mass is 15.1. The fourth-order valence-corrected chi connectivity index (χ4v) is 4.09. The molecule has 1 fully saturated rings. The van der Waals surface area contributed by atoms with Gasteiger partial charge in [0.2, 0.25) is 0 Å². The molecule has 3 heterocycles. The average molecular weight is 334 g/mol. The largest absolute Gasteiger partial charge is 0.299 e. The number of hydrogen-bond donors (Lipinski definition) is 1. The molecule has 0 saturated carbocycles. The number of pyridine rings is 1. The van der Waals surface area contributed by atoms with Crippen molar-refractivity contribution in [1.29, 1.82) is 0 Å². The Morgan fingerprint density at radius 3 is 2.84 bits per heavy atom. The highest BCUT2D eigenvalue weighted by Gasteiger charge is 2.24. The number of aryl methyl sites for hydroxylation is 2. The number of nitrogens with one attached hydrogen (secondary N) is 1. The molecule has 0 spiro atoms. The van der Waals surface area contributed by atoms with Crippen LogP contribution < -0.4 is 0 Å². The summed E-state index contributed by atoms with van der Waals surface area (Å²) in [5, 5.41) is 8.80. The Kier molecular flexibility index (Phi) is 4.53. The van der Waals surface area contributed by atoms with Crippen LogP contribution in [0.4, 0.5) is 0 Å². The van der Waals surface area contributed by atoms with Crippen LogP contribution in [-0.2, 0) is 13.0 Å². The molecule has 0 amide bonds. The first kappa shape index (κ1) is 16.3. The van der Waals surface area contributed by atoms with Crippen LogP contribution in [0.1, 0.15) is 48.1 Å². The van der Waals surface area contributed by atoms with Gasteiger partial charge in [-0.3, -0.25) is 15.0 Å². The molecule has 4 heteroatoms.